The van der Waals surface area contributed by atoms with Crippen LogP contribution in [0.4, 0.5) is 26.3 Å². The zero-order valence-electron chi connectivity index (χ0n) is 36.4. The van der Waals surface area contributed by atoms with Crippen molar-refractivity contribution >= 4 is 43.6 Å². The van der Waals surface area contributed by atoms with Crippen LogP contribution in [-0.2, 0) is 12.4 Å². The number of halogens is 6. The second-order valence-electron chi connectivity index (χ2n) is 16.8. The Bertz CT molecular complexity index is 4060. The third-order valence-corrected chi connectivity index (χ3v) is 12.9. The van der Waals surface area contributed by atoms with Crippen LogP contribution in [0, 0.1) is 34.0 Å². The van der Waals surface area contributed by atoms with Crippen molar-refractivity contribution < 1.29 is 26.3 Å². The minimum absolute atomic E-state index is 0.109. The lowest BCUT2D eigenvalue weighted by Crippen LogP contribution is -2.14. The summed E-state index contributed by atoms with van der Waals surface area (Å²) >= 11 is 0. The number of aromatic nitrogens is 2. The highest BCUT2D eigenvalue weighted by molar-refractivity contribution is 6.13. The SMILES string of the molecule is N#Cc1ccccc1-c1ccc2c(c1)c1ccccc1n2-c1ccc(-c2c(C(F)(F)F)cccc2C(F)(F)F)cc1-c1c(C#N)cccc1-n1c2ccccc2c2cc(-c3ccccc3C#N)ccc21. The van der Waals surface area contributed by atoms with E-state index in [9.17, 15) is 42.1 Å². The van der Waals surface area contributed by atoms with Crippen molar-refractivity contribution in [3.63, 3.8) is 0 Å². The van der Waals surface area contributed by atoms with E-state index < -0.39 is 29.0 Å². The molecule has 0 saturated heterocycles. The van der Waals surface area contributed by atoms with Gasteiger partial charge in [0, 0.05) is 38.2 Å². The maximum absolute atomic E-state index is 15.0. The zero-order valence-corrected chi connectivity index (χ0v) is 36.4. The minimum Gasteiger partial charge on any atom is -0.309 e. The molecule has 0 spiro atoms. The summed E-state index contributed by atoms with van der Waals surface area (Å²) in [6, 6.07) is 59.1. The zero-order chi connectivity index (χ0) is 48.5. The average molecular weight is 924 g/mol. The Morgan fingerprint density at radius 2 is 0.757 bits per heavy atom. The van der Waals surface area contributed by atoms with E-state index in [0.717, 1.165) is 44.3 Å². The Kier molecular flexibility index (Phi) is 10.2. The van der Waals surface area contributed by atoms with Crippen LogP contribution in [0.1, 0.15) is 27.8 Å². The smallest absolute Gasteiger partial charge is 0.309 e. The monoisotopic (exact) mass is 923 g/mol. The van der Waals surface area contributed by atoms with Crippen molar-refractivity contribution in [2.24, 2.45) is 0 Å². The van der Waals surface area contributed by atoms with E-state index in [1.54, 1.807) is 42.5 Å². The van der Waals surface area contributed by atoms with Gasteiger partial charge < -0.3 is 9.13 Å². The highest BCUT2D eigenvalue weighted by Crippen LogP contribution is 2.49. The molecule has 70 heavy (non-hydrogen) atoms. The first-order chi connectivity index (χ1) is 33.9. The van der Waals surface area contributed by atoms with E-state index in [1.165, 1.54) is 18.2 Å². The molecule has 0 unspecified atom stereocenters. The Labute approximate surface area is 395 Å². The Balaban J connectivity index is 1.26. The van der Waals surface area contributed by atoms with E-state index in [4.69, 9.17) is 0 Å². The second kappa shape index (κ2) is 16.4. The Morgan fingerprint density at radius 1 is 0.329 bits per heavy atom. The molecule has 0 aliphatic rings. The lowest BCUT2D eigenvalue weighted by atomic mass is 9.89. The van der Waals surface area contributed by atoms with Crippen molar-refractivity contribution in [2.45, 2.75) is 12.4 Å². The normalized spacial score (nSPS) is 11.8. The molecular formula is C59H31F6N5. The molecule has 0 fully saturated rings. The second-order valence-corrected chi connectivity index (χ2v) is 16.8. The van der Waals surface area contributed by atoms with Crippen molar-refractivity contribution in [2.75, 3.05) is 0 Å². The molecule has 11 heteroatoms. The standard InChI is InChI=1S/C59H31F6N5/c60-58(61,62)48-18-10-19-49(59(63,64)65)57(48)37-25-28-54(69-50-20-7-5-16-43(50)45-29-35(23-26-52(45)69)41-14-3-1-11-38(41)32-66)47(31-37)56-40(34-68)13-9-22-55(56)70-51-21-8-6-17-44(51)46-30-36(24-27-53(46)70)42-15-4-2-12-39(42)33-67/h1-31H. The molecule has 11 aromatic rings. The largest absolute Gasteiger partial charge is 0.417 e. The molecule has 11 rings (SSSR count). The van der Waals surface area contributed by atoms with Gasteiger partial charge in [0.25, 0.3) is 0 Å². The number of alkyl halides is 6. The van der Waals surface area contributed by atoms with Crippen LogP contribution in [0.5, 0.6) is 0 Å². The van der Waals surface area contributed by atoms with E-state index in [0.29, 0.717) is 62.3 Å². The summed E-state index contributed by atoms with van der Waals surface area (Å²) in [4.78, 5) is 0. The third kappa shape index (κ3) is 6.93. The number of hydrogen-bond donors (Lipinski definition) is 0. The van der Waals surface area contributed by atoms with Gasteiger partial charge in [-0.15, -0.1) is 0 Å². The molecule has 0 atom stereocenters. The molecule has 5 nitrogen and oxygen atoms in total. The maximum Gasteiger partial charge on any atom is 0.417 e. The molecule has 9 aromatic carbocycles. The van der Waals surface area contributed by atoms with Gasteiger partial charge >= 0.3 is 12.4 Å². The molecule has 2 heterocycles. The molecule has 334 valence electrons. The summed E-state index contributed by atoms with van der Waals surface area (Å²) in [6.45, 7) is 0. The van der Waals surface area contributed by atoms with Crippen LogP contribution in [0.2, 0.25) is 0 Å². The van der Waals surface area contributed by atoms with Crippen LogP contribution >= 0.6 is 0 Å². The van der Waals surface area contributed by atoms with Crippen LogP contribution in [0.25, 0.3) is 99.5 Å². The topological polar surface area (TPSA) is 81.2 Å². The fraction of sp³-hybridized carbons (Fsp3) is 0.0339. The number of hydrogen-bond acceptors (Lipinski definition) is 3. The van der Waals surface area contributed by atoms with E-state index >= 15 is 0 Å². The summed E-state index contributed by atoms with van der Waals surface area (Å²) in [5, 5.41) is 34.2. The number of fused-ring (bicyclic) bond motifs is 6. The fourth-order valence-electron chi connectivity index (χ4n) is 9.99. The summed E-state index contributed by atoms with van der Waals surface area (Å²) in [7, 11) is 0. The van der Waals surface area contributed by atoms with Gasteiger partial charge in [-0.2, -0.15) is 42.1 Å². The van der Waals surface area contributed by atoms with Gasteiger partial charge in [0.1, 0.15) is 0 Å². The van der Waals surface area contributed by atoms with Crippen LogP contribution in [-0.4, -0.2) is 9.13 Å². The first-order valence-electron chi connectivity index (χ1n) is 21.9. The van der Waals surface area contributed by atoms with Gasteiger partial charge in [-0.1, -0.05) is 103 Å². The lowest BCUT2D eigenvalue weighted by molar-refractivity contribution is -0.142. The van der Waals surface area contributed by atoms with Crippen LogP contribution < -0.4 is 0 Å². The minimum atomic E-state index is -5.17. The average Bonchev–Trinajstić information content (AvgIpc) is 3.89. The van der Waals surface area contributed by atoms with Crippen LogP contribution in [0.3, 0.4) is 0 Å². The third-order valence-electron chi connectivity index (χ3n) is 12.9. The number of rotatable bonds is 6. The number of nitriles is 3. The van der Waals surface area contributed by atoms with Crippen molar-refractivity contribution in [1.82, 2.24) is 9.13 Å². The number of benzene rings is 9. The molecule has 0 radical (unpaired) electrons. The quantitative estimate of drug-likeness (QED) is 0.156. The summed E-state index contributed by atoms with van der Waals surface area (Å²) in [5.74, 6) is 0. The number of nitrogens with zero attached hydrogens (tertiary/aromatic N) is 5. The van der Waals surface area contributed by atoms with Gasteiger partial charge in [0.2, 0.25) is 0 Å². The van der Waals surface area contributed by atoms with Gasteiger partial charge in [-0.3, -0.25) is 0 Å². The van der Waals surface area contributed by atoms with Crippen LogP contribution in [0.15, 0.2) is 188 Å². The lowest BCUT2D eigenvalue weighted by Gasteiger charge is -2.23. The summed E-state index contributed by atoms with van der Waals surface area (Å²) < 4.78 is 93.7. The Hall–Kier alpha value is -9.37. The maximum atomic E-state index is 15.0. The van der Waals surface area contributed by atoms with Crippen molar-refractivity contribution in [1.29, 1.82) is 15.8 Å². The van der Waals surface area contributed by atoms with Gasteiger partial charge in [-0.25, -0.2) is 0 Å². The summed E-state index contributed by atoms with van der Waals surface area (Å²) in [6.07, 6.45) is -10.3. The van der Waals surface area contributed by atoms with E-state index in [2.05, 4.69) is 18.2 Å². The highest BCUT2D eigenvalue weighted by Gasteiger charge is 2.41. The predicted octanol–water partition coefficient (Wildman–Crippen LogP) is 16.2. The van der Waals surface area contributed by atoms with E-state index in [1.807, 2.05) is 118 Å². The highest BCUT2D eigenvalue weighted by atomic mass is 19.4. The molecule has 0 amide bonds. The van der Waals surface area contributed by atoms with Crippen molar-refractivity contribution in [3.05, 3.63) is 216 Å². The van der Waals surface area contributed by atoms with E-state index in [-0.39, 0.29) is 22.3 Å². The van der Waals surface area contributed by atoms with Gasteiger partial charge in [0.05, 0.1) is 79.5 Å². The predicted molar refractivity (Wildman–Crippen MR) is 261 cm³/mol. The molecule has 0 N–H and O–H groups in total. The molecule has 0 aliphatic carbocycles. The summed E-state index contributed by atoms with van der Waals surface area (Å²) in [5.41, 5.74) is 3.66. The molecular weight excluding hydrogens is 893 g/mol. The fourth-order valence-corrected chi connectivity index (χ4v) is 9.99. The van der Waals surface area contributed by atoms with Crippen molar-refractivity contribution in [3.8, 4) is 74.1 Å². The first kappa shape index (κ1) is 43.2. The number of para-hydroxylation sites is 2. The van der Waals surface area contributed by atoms with Gasteiger partial charge in [-0.05, 0) is 113 Å². The molecule has 2 aromatic heterocycles. The van der Waals surface area contributed by atoms with Gasteiger partial charge in [0.15, 0.2) is 0 Å². The molecule has 0 aliphatic heterocycles. The molecule has 0 saturated carbocycles. The Morgan fingerprint density at radius 3 is 1.27 bits per heavy atom. The first-order valence-corrected chi connectivity index (χ1v) is 21.9. The molecule has 0 bridgehead atoms.